The van der Waals surface area contributed by atoms with Crippen molar-refractivity contribution < 1.29 is 17.6 Å². The predicted octanol–water partition coefficient (Wildman–Crippen LogP) is 1.25. The topological polar surface area (TPSA) is 57.7 Å². The van der Waals surface area contributed by atoms with Gasteiger partial charge in [-0.25, -0.2) is 17.1 Å². The van der Waals surface area contributed by atoms with Crippen LogP contribution in [0.5, 0.6) is 0 Å². The highest BCUT2D eigenvalue weighted by molar-refractivity contribution is 7.89. The summed E-state index contributed by atoms with van der Waals surface area (Å²) in [6.45, 7) is 3.30. The van der Waals surface area contributed by atoms with E-state index in [9.17, 15) is 17.6 Å². The molecule has 0 N–H and O–H groups in total. The monoisotopic (exact) mass is 328 g/mol. The summed E-state index contributed by atoms with van der Waals surface area (Å²) >= 11 is 0. The summed E-state index contributed by atoms with van der Waals surface area (Å²) in [4.78, 5) is 14.0. The van der Waals surface area contributed by atoms with Crippen LogP contribution in [-0.4, -0.2) is 55.5 Å². The third kappa shape index (κ3) is 4.27. The Morgan fingerprint density at radius 1 is 1.23 bits per heavy atom. The minimum atomic E-state index is -3.21. The molecular weight excluding hydrogens is 307 g/mol. The Kier molecular flexibility index (Phi) is 5.52. The molecule has 122 valence electrons. The summed E-state index contributed by atoms with van der Waals surface area (Å²) < 4.78 is 38.4. The molecular formula is C15H21FN2O3S. The van der Waals surface area contributed by atoms with E-state index in [2.05, 4.69) is 0 Å². The van der Waals surface area contributed by atoms with Gasteiger partial charge in [-0.1, -0.05) is 12.1 Å². The molecule has 1 fully saturated rings. The van der Waals surface area contributed by atoms with Gasteiger partial charge in [0.1, 0.15) is 5.82 Å². The van der Waals surface area contributed by atoms with Crippen molar-refractivity contribution >= 4 is 15.9 Å². The number of hydrogen-bond acceptors (Lipinski definition) is 3. The molecule has 22 heavy (non-hydrogen) atoms. The Morgan fingerprint density at radius 3 is 2.68 bits per heavy atom. The Bertz CT molecular complexity index is 633. The van der Waals surface area contributed by atoms with Crippen LogP contribution in [0.1, 0.15) is 18.9 Å². The predicted molar refractivity (Wildman–Crippen MR) is 82.3 cm³/mol. The Hall–Kier alpha value is -1.47. The molecule has 0 saturated carbocycles. The maximum atomic E-state index is 13.1. The summed E-state index contributed by atoms with van der Waals surface area (Å²) in [7, 11) is -3.21. The molecule has 1 saturated heterocycles. The SMILES string of the molecule is CCS(=O)(=O)N1CCCN(C(=O)Cc2cccc(F)c2)CC1. The van der Waals surface area contributed by atoms with E-state index in [0.717, 1.165) is 0 Å². The largest absolute Gasteiger partial charge is 0.341 e. The maximum Gasteiger partial charge on any atom is 0.227 e. The van der Waals surface area contributed by atoms with Crippen molar-refractivity contribution in [3.05, 3.63) is 35.6 Å². The lowest BCUT2D eigenvalue weighted by molar-refractivity contribution is -0.130. The number of nitrogens with zero attached hydrogens (tertiary/aromatic N) is 2. The second-order valence-electron chi connectivity index (χ2n) is 5.34. The second-order valence-corrected chi connectivity index (χ2v) is 7.60. The zero-order valence-electron chi connectivity index (χ0n) is 12.7. The molecule has 0 bridgehead atoms. The molecule has 1 aromatic rings. The smallest absolute Gasteiger partial charge is 0.227 e. The second kappa shape index (κ2) is 7.19. The van der Waals surface area contributed by atoms with E-state index in [-0.39, 0.29) is 23.9 Å². The molecule has 2 rings (SSSR count). The molecule has 0 radical (unpaired) electrons. The van der Waals surface area contributed by atoms with Gasteiger partial charge in [-0.2, -0.15) is 0 Å². The number of amides is 1. The van der Waals surface area contributed by atoms with Crippen molar-refractivity contribution in [3.8, 4) is 0 Å². The molecule has 1 amide bonds. The first-order valence-corrected chi connectivity index (χ1v) is 9.03. The molecule has 1 aromatic carbocycles. The van der Waals surface area contributed by atoms with Crippen LogP contribution in [0.25, 0.3) is 0 Å². The van der Waals surface area contributed by atoms with Gasteiger partial charge in [0.25, 0.3) is 0 Å². The van der Waals surface area contributed by atoms with Crippen LogP contribution >= 0.6 is 0 Å². The third-order valence-corrected chi connectivity index (χ3v) is 5.69. The fourth-order valence-electron chi connectivity index (χ4n) is 2.54. The zero-order valence-corrected chi connectivity index (χ0v) is 13.5. The van der Waals surface area contributed by atoms with Crippen molar-refractivity contribution in [2.75, 3.05) is 31.9 Å². The van der Waals surface area contributed by atoms with Crippen LogP contribution in [0.3, 0.4) is 0 Å². The first kappa shape index (κ1) is 16.9. The highest BCUT2D eigenvalue weighted by atomic mass is 32.2. The Morgan fingerprint density at radius 2 is 2.00 bits per heavy atom. The van der Waals surface area contributed by atoms with Gasteiger partial charge in [0.2, 0.25) is 15.9 Å². The molecule has 7 heteroatoms. The number of halogens is 1. The van der Waals surface area contributed by atoms with Gasteiger partial charge >= 0.3 is 0 Å². The van der Waals surface area contributed by atoms with Crippen molar-refractivity contribution in [1.29, 1.82) is 0 Å². The summed E-state index contributed by atoms with van der Waals surface area (Å²) in [5.74, 6) is -0.382. The first-order valence-electron chi connectivity index (χ1n) is 7.42. The molecule has 0 spiro atoms. The molecule has 0 unspecified atom stereocenters. The number of sulfonamides is 1. The number of carbonyl (C=O) groups is 1. The summed E-state index contributed by atoms with van der Waals surface area (Å²) in [6.07, 6.45) is 0.756. The normalized spacial score (nSPS) is 17.3. The van der Waals surface area contributed by atoms with Crippen LogP contribution < -0.4 is 0 Å². The number of hydrogen-bond donors (Lipinski definition) is 0. The van der Waals surface area contributed by atoms with Gasteiger partial charge in [0.05, 0.1) is 12.2 Å². The van der Waals surface area contributed by atoms with Gasteiger partial charge in [-0.15, -0.1) is 0 Å². The molecule has 0 aromatic heterocycles. The number of carbonyl (C=O) groups excluding carboxylic acids is 1. The van der Waals surface area contributed by atoms with Crippen LogP contribution in [-0.2, 0) is 21.2 Å². The molecule has 1 heterocycles. The van der Waals surface area contributed by atoms with Crippen LogP contribution in [0.2, 0.25) is 0 Å². The average Bonchev–Trinajstić information content (AvgIpc) is 2.73. The lowest BCUT2D eigenvalue weighted by atomic mass is 10.1. The minimum absolute atomic E-state index is 0.0736. The minimum Gasteiger partial charge on any atom is -0.341 e. The van der Waals surface area contributed by atoms with Gasteiger partial charge < -0.3 is 4.90 Å². The van der Waals surface area contributed by atoms with Crippen LogP contribution in [0.4, 0.5) is 4.39 Å². The van der Waals surface area contributed by atoms with Gasteiger partial charge in [0.15, 0.2) is 0 Å². The Labute approximate surface area is 130 Å². The van der Waals surface area contributed by atoms with E-state index >= 15 is 0 Å². The van der Waals surface area contributed by atoms with Gasteiger partial charge in [-0.05, 0) is 31.0 Å². The third-order valence-electron chi connectivity index (χ3n) is 3.81. The Balaban J connectivity index is 1.97. The molecule has 5 nitrogen and oxygen atoms in total. The van der Waals surface area contributed by atoms with Crippen molar-refractivity contribution in [3.63, 3.8) is 0 Å². The molecule has 0 aliphatic carbocycles. The van der Waals surface area contributed by atoms with Crippen molar-refractivity contribution in [2.45, 2.75) is 19.8 Å². The summed E-state index contributed by atoms with van der Waals surface area (Å²) in [5.41, 5.74) is 0.632. The summed E-state index contributed by atoms with van der Waals surface area (Å²) in [5, 5.41) is 0. The highest BCUT2D eigenvalue weighted by Crippen LogP contribution is 2.11. The molecule has 1 aliphatic heterocycles. The van der Waals surface area contributed by atoms with Gasteiger partial charge in [-0.3, -0.25) is 4.79 Å². The fourth-order valence-corrected chi connectivity index (χ4v) is 3.67. The van der Waals surface area contributed by atoms with E-state index in [1.807, 2.05) is 0 Å². The lowest BCUT2D eigenvalue weighted by Gasteiger charge is -2.21. The zero-order chi connectivity index (χ0) is 16.2. The summed E-state index contributed by atoms with van der Waals surface area (Å²) in [6, 6.07) is 5.99. The van der Waals surface area contributed by atoms with Crippen molar-refractivity contribution in [1.82, 2.24) is 9.21 Å². The highest BCUT2D eigenvalue weighted by Gasteiger charge is 2.25. The maximum absolute atomic E-state index is 13.1. The van der Waals surface area contributed by atoms with E-state index in [1.54, 1.807) is 24.0 Å². The van der Waals surface area contributed by atoms with Crippen LogP contribution in [0.15, 0.2) is 24.3 Å². The van der Waals surface area contributed by atoms with E-state index < -0.39 is 10.0 Å². The number of benzene rings is 1. The van der Waals surface area contributed by atoms with Crippen LogP contribution in [0, 0.1) is 5.82 Å². The van der Waals surface area contributed by atoms with Gasteiger partial charge in [0, 0.05) is 26.2 Å². The van der Waals surface area contributed by atoms with E-state index in [0.29, 0.717) is 38.2 Å². The van der Waals surface area contributed by atoms with E-state index in [1.165, 1.54) is 16.4 Å². The quantitative estimate of drug-likeness (QED) is 0.836. The first-order chi connectivity index (χ1) is 10.4. The average molecular weight is 328 g/mol. The molecule has 0 atom stereocenters. The van der Waals surface area contributed by atoms with E-state index in [4.69, 9.17) is 0 Å². The lowest BCUT2D eigenvalue weighted by Crippen LogP contribution is -2.38. The van der Waals surface area contributed by atoms with Crippen molar-refractivity contribution in [2.24, 2.45) is 0 Å². The molecule has 1 aliphatic rings. The fraction of sp³-hybridized carbons (Fsp3) is 0.533. The number of rotatable bonds is 4. The standard InChI is InChI=1S/C15H21FN2O3S/c1-2-22(20,21)18-8-4-7-17(9-10-18)15(19)12-13-5-3-6-14(16)11-13/h3,5-6,11H,2,4,7-10,12H2,1H3.